The van der Waals surface area contributed by atoms with E-state index >= 15 is 0 Å². The number of carbonyl (C=O) groups is 1. The lowest BCUT2D eigenvalue weighted by molar-refractivity contribution is -0.141. The van der Waals surface area contributed by atoms with Crippen molar-refractivity contribution in [3.8, 4) is 5.75 Å². The number of hydrogen-bond donors (Lipinski definition) is 2. The van der Waals surface area contributed by atoms with E-state index in [9.17, 15) is 9.90 Å². The second-order valence-electron chi connectivity index (χ2n) is 5.31. The molecule has 116 valence electrons. The minimum absolute atomic E-state index is 0.192. The topological polar surface area (TPSA) is 58.6 Å². The maximum atomic E-state index is 12.0. The van der Waals surface area contributed by atoms with E-state index < -0.39 is 6.04 Å². The van der Waals surface area contributed by atoms with Crippen molar-refractivity contribution in [2.45, 2.75) is 25.3 Å². The molecule has 0 bridgehead atoms. The van der Waals surface area contributed by atoms with Crippen molar-refractivity contribution < 1.29 is 14.6 Å². The molecule has 4 nitrogen and oxygen atoms in total. The van der Waals surface area contributed by atoms with Gasteiger partial charge in [-0.25, -0.2) is 4.79 Å². The summed E-state index contributed by atoms with van der Waals surface area (Å²) in [6, 6.07) is 16.3. The predicted octanol–water partition coefficient (Wildman–Crippen LogP) is 3.54. The molecule has 0 aliphatic heterocycles. The van der Waals surface area contributed by atoms with Crippen LogP contribution in [0.3, 0.4) is 0 Å². The number of carbonyl (C=O) groups excluding carboxylic acids is 1. The Labute approximate surface area is 130 Å². The number of esters is 1. The fourth-order valence-electron chi connectivity index (χ4n) is 2.39. The van der Waals surface area contributed by atoms with E-state index in [-0.39, 0.29) is 17.6 Å². The van der Waals surface area contributed by atoms with Crippen LogP contribution in [0, 0.1) is 0 Å². The zero-order valence-corrected chi connectivity index (χ0v) is 12.8. The highest BCUT2D eigenvalue weighted by molar-refractivity contribution is 5.79. The number of phenols is 1. The summed E-state index contributed by atoms with van der Waals surface area (Å²) in [5.74, 6) is 0.114. The van der Waals surface area contributed by atoms with E-state index in [1.165, 1.54) is 12.7 Å². The molecule has 0 heterocycles. The molecule has 2 aromatic rings. The first-order valence-corrected chi connectivity index (χ1v) is 7.28. The number of rotatable bonds is 6. The van der Waals surface area contributed by atoms with Crippen LogP contribution in [0.5, 0.6) is 5.75 Å². The normalized spacial score (nSPS) is 13.2. The van der Waals surface area contributed by atoms with E-state index in [1.54, 1.807) is 24.3 Å². The van der Waals surface area contributed by atoms with Crippen LogP contribution in [-0.4, -0.2) is 24.2 Å². The summed E-state index contributed by atoms with van der Waals surface area (Å²) in [6.45, 7) is 2.09. The molecule has 0 fully saturated rings. The zero-order valence-electron chi connectivity index (χ0n) is 12.8. The minimum Gasteiger partial charge on any atom is -0.508 e. The van der Waals surface area contributed by atoms with Crippen LogP contribution in [-0.2, 0) is 9.53 Å². The maximum Gasteiger partial charge on any atom is 0.328 e. The zero-order chi connectivity index (χ0) is 15.9. The molecule has 0 spiro atoms. The number of nitrogens with one attached hydrogen (secondary N) is 1. The molecule has 0 saturated heterocycles. The fraction of sp³-hybridized carbons (Fsp3) is 0.278. The highest BCUT2D eigenvalue weighted by atomic mass is 16.5. The number of phenolic OH excluding ortho intramolecular Hbond substituents is 1. The van der Waals surface area contributed by atoms with Crippen LogP contribution >= 0.6 is 0 Å². The van der Waals surface area contributed by atoms with Gasteiger partial charge in [-0.3, -0.25) is 0 Å². The van der Waals surface area contributed by atoms with Crippen molar-refractivity contribution in [2.24, 2.45) is 0 Å². The molecule has 2 atom stereocenters. The summed E-state index contributed by atoms with van der Waals surface area (Å²) in [5.41, 5.74) is 1.96. The van der Waals surface area contributed by atoms with E-state index in [0.717, 1.165) is 5.69 Å². The fourth-order valence-corrected chi connectivity index (χ4v) is 2.39. The van der Waals surface area contributed by atoms with Crippen molar-refractivity contribution in [1.82, 2.24) is 0 Å². The Kier molecular flexibility index (Phi) is 5.42. The molecule has 0 aliphatic carbocycles. The Hall–Kier alpha value is -2.49. The third-order valence-corrected chi connectivity index (χ3v) is 3.65. The Morgan fingerprint density at radius 2 is 1.77 bits per heavy atom. The van der Waals surface area contributed by atoms with Gasteiger partial charge in [-0.2, -0.15) is 0 Å². The third kappa shape index (κ3) is 4.25. The van der Waals surface area contributed by atoms with Crippen LogP contribution < -0.4 is 5.32 Å². The Bertz CT molecular complexity index is 595. The number of hydrogen-bond acceptors (Lipinski definition) is 4. The molecule has 0 aromatic heterocycles. The van der Waals surface area contributed by atoms with Crippen LogP contribution in [0.2, 0.25) is 0 Å². The Morgan fingerprint density at radius 3 is 2.36 bits per heavy atom. The third-order valence-electron chi connectivity index (χ3n) is 3.65. The molecule has 0 radical (unpaired) electrons. The molecule has 2 aromatic carbocycles. The first-order chi connectivity index (χ1) is 10.6. The van der Waals surface area contributed by atoms with E-state index in [0.29, 0.717) is 6.42 Å². The first-order valence-electron chi connectivity index (χ1n) is 7.28. The highest BCUT2D eigenvalue weighted by Gasteiger charge is 2.22. The van der Waals surface area contributed by atoms with Gasteiger partial charge in [0.15, 0.2) is 0 Å². The smallest absolute Gasteiger partial charge is 0.328 e. The van der Waals surface area contributed by atoms with Gasteiger partial charge in [0.05, 0.1) is 7.11 Å². The molecule has 2 N–H and O–H groups in total. The van der Waals surface area contributed by atoms with E-state index in [2.05, 4.69) is 24.4 Å². The highest BCUT2D eigenvalue weighted by Crippen LogP contribution is 2.23. The van der Waals surface area contributed by atoms with Crippen molar-refractivity contribution >= 4 is 11.7 Å². The van der Waals surface area contributed by atoms with Gasteiger partial charge in [-0.1, -0.05) is 37.3 Å². The van der Waals surface area contributed by atoms with Crippen molar-refractivity contribution in [1.29, 1.82) is 0 Å². The van der Waals surface area contributed by atoms with Gasteiger partial charge in [0.25, 0.3) is 0 Å². The van der Waals surface area contributed by atoms with E-state index in [4.69, 9.17) is 4.74 Å². The summed E-state index contributed by atoms with van der Waals surface area (Å²) >= 11 is 0. The quantitative estimate of drug-likeness (QED) is 0.633. The average Bonchev–Trinajstić information content (AvgIpc) is 2.56. The summed E-state index contributed by atoms with van der Waals surface area (Å²) < 4.78 is 4.89. The minimum atomic E-state index is -0.440. The van der Waals surface area contributed by atoms with E-state index in [1.807, 2.05) is 18.2 Å². The Balaban J connectivity index is 2.09. The largest absolute Gasteiger partial charge is 0.508 e. The van der Waals surface area contributed by atoms with Crippen LogP contribution in [0.1, 0.15) is 24.8 Å². The van der Waals surface area contributed by atoms with Crippen molar-refractivity contribution in [3.63, 3.8) is 0 Å². The SMILES string of the molecule is COC(=O)[C@@H](C[C@H](C)c1ccccc1)Nc1ccc(O)cc1. The van der Waals surface area contributed by atoms with Gasteiger partial charge in [0.2, 0.25) is 0 Å². The van der Waals surface area contributed by atoms with Gasteiger partial charge in [-0.05, 0) is 42.2 Å². The monoisotopic (exact) mass is 299 g/mol. The summed E-state index contributed by atoms with van der Waals surface area (Å²) in [4.78, 5) is 12.0. The number of anilines is 1. The predicted molar refractivity (Wildman–Crippen MR) is 87.0 cm³/mol. The van der Waals surface area contributed by atoms with Crippen LogP contribution in [0.15, 0.2) is 54.6 Å². The van der Waals surface area contributed by atoms with Gasteiger partial charge in [-0.15, -0.1) is 0 Å². The maximum absolute atomic E-state index is 12.0. The van der Waals surface area contributed by atoms with Crippen LogP contribution in [0.4, 0.5) is 5.69 Å². The van der Waals surface area contributed by atoms with Gasteiger partial charge >= 0.3 is 5.97 Å². The van der Waals surface area contributed by atoms with Crippen molar-refractivity contribution in [2.75, 3.05) is 12.4 Å². The molecular weight excluding hydrogens is 278 g/mol. The van der Waals surface area contributed by atoms with Gasteiger partial charge in [0, 0.05) is 5.69 Å². The molecule has 4 heteroatoms. The number of methoxy groups -OCH3 is 1. The number of ether oxygens (including phenoxy) is 1. The molecule has 2 rings (SSSR count). The Morgan fingerprint density at radius 1 is 1.14 bits per heavy atom. The lowest BCUT2D eigenvalue weighted by Gasteiger charge is -2.21. The lowest BCUT2D eigenvalue weighted by atomic mass is 9.94. The lowest BCUT2D eigenvalue weighted by Crippen LogP contribution is -2.32. The molecule has 0 unspecified atom stereocenters. The number of aromatic hydroxyl groups is 1. The summed E-state index contributed by atoms with van der Waals surface area (Å²) in [6.07, 6.45) is 0.623. The van der Waals surface area contributed by atoms with Crippen LogP contribution in [0.25, 0.3) is 0 Å². The van der Waals surface area contributed by atoms with Crippen molar-refractivity contribution in [3.05, 3.63) is 60.2 Å². The molecule has 22 heavy (non-hydrogen) atoms. The first kappa shape index (κ1) is 15.9. The standard InChI is InChI=1S/C18H21NO3/c1-13(14-6-4-3-5-7-14)12-17(18(21)22-2)19-15-8-10-16(20)11-9-15/h3-11,13,17,19-20H,12H2,1-2H3/t13-,17+/m0/s1. The summed E-state index contributed by atoms with van der Waals surface area (Å²) in [7, 11) is 1.39. The van der Waals surface area contributed by atoms with Gasteiger partial charge in [0.1, 0.15) is 11.8 Å². The molecule has 0 aliphatic rings. The molecular formula is C18H21NO3. The average molecular weight is 299 g/mol. The second kappa shape index (κ2) is 7.50. The summed E-state index contributed by atoms with van der Waals surface area (Å²) in [5, 5.41) is 12.5. The molecule has 0 amide bonds. The second-order valence-corrected chi connectivity index (χ2v) is 5.31. The number of benzene rings is 2. The van der Waals surface area contributed by atoms with Gasteiger partial charge < -0.3 is 15.2 Å². The molecule has 0 saturated carbocycles.